The first kappa shape index (κ1) is 26.3. The molecule has 2 aromatic carbocycles. The lowest BCUT2D eigenvalue weighted by Gasteiger charge is -2.42. The van der Waals surface area contributed by atoms with Crippen LogP contribution in [0, 0.1) is 11.7 Å². The molecular formula is C29H39FN4O2S. The molecule has 3 heterocycles. The van der Waals surface area contributed by atoms with Crippen molar-refractivity contribution in [3.05, 3.63) is 47.8 Å². The Morgan fingerprint density at radius 2 is 1.65 bits per heavy atom. The van der Waals surface area contributed by atoms with E-state index in [2.05, 4.69) is 28.6 Å². The van der Waals surface area contributed by atoms with Gasteiger partial charge in [-0.25, -0.2) is 17.8 Å². The van der Waals surface area contributed by atoms with Gasteiger partial charge in [-0.2, -0.15) is 0 Å². The second-order valence-corrected chi connectivity index (χ2v) is 13.4. The number of aromatic nitrogens is 2. The van der Waals surface area contributed by atoms with Gasteiger partial charge in [0.15, 0.2) is 9.84 Å². The molecular weight excluding hydrogens is 487 g/mol. The molecule has 200 valence electrons. The van der Waals surface area contributed by atoms with Crippen molar-refractivity contribution in [2.45, 2.75) is 56.4 Å². The van der Waals surface area contributed by atoms with Crippen molar-refractivity contribution >= 4 is 20.9 Å². The van der Waals surface area contributed by atoms with Gasteiger partial charge in [-0.1, -0.05) is 13.8 Å². The van der Waals surface area contributed by atoms with E-state index in [4.69, 9.17) is 0 Å². The van der Waals surface area contributed by atoms with Gasteiger partial charge in [0, 0.05) is 37.5 Å². The Kier molecular flexibility index (Phi) is 7.44. The second kappa shape index (κ2) is 10.5. The van der Waals surface area contributed by atoms with Gasteiger partial charge in [0.2, 0.25) is 0 Å². The van der Waals surface area contributed by atoms with Crippen LogP contribution in [0.4, 0.5) is 4.39 Å². The van der Waals surface area contributed by atoms with Gasteiger partial charge < -0.3 is 14.4 Å². The zero-order valence-corrected chi connectivity index (χ0v) is 23.3. The Bertz CT molecular complexity index is 1350. The molecule has 0 atom stereocenters. The minimum absolute atomic E-state index is 0.176. The third-order valence-corrected chi connectivity index (χ3v) is 9.33. The first-order valence-electron chi connectivity index (χ1n) is 13.5. The number of aryl methyl sites for hydroxylation is 1. The summed E-state index contributed by atoms with van der Waals surface area (Å²) >= 11 is 0. The monoisotopic (exact) mass is 526 g/mol. The number of likely N-dealkylation sites (tertiary alicyclic amines) is 2. The van der Waals surface area contributed by atoms with Crippen LogP contribution in [0.1, 0.15) is 51.0 Å². The van der Waals surface area contributed by atoms with Gasteiger partial charge in [-0.15, -0.1) is 0 Å². The van der Waals surface area contributed by atoms with Crippen LogP contribution in [0.3, 0.4) is 0 Å². The molecule has 37 heavy (non-hydrogen) atoms. The summed E-state index contributed by atoms with van der Waals surface area (Å²) in [4.78, 5) is 10.2. The molecule has 1 aromatic heterocycles. The Morgan fingerprint density at radius 3 is 2.24 bits per heavy atom. The van der Waals surface area contributed by atoms with E-state index in [1.54, 1.807) is 30.3 Å². The fourth-order valence-corrected chi connectivity index (χ4v) is 6.84. The lowest BCUT2D eigenvalue weighted by atomic mass is 9.87. The largest absolute Gasteiger partial charge is 0.327 e. The highest BCUT2D eigenvalue weighted by atomic mass is 32.2. The summed E-state index contributed by atoms with van der Waals surface area (Å²) in [5, 5.41) is 0. The van der Waals surface area contributed by atoms with Gasteiger partial charge >= 0.3 is 0 Å². The number of rotatable bonds is 6. The number of sulfone groups is 1. The van der Waals surface area contributed by atoms with Crippen molar-refractivity contribution in [3.63, 3.8) is 0 Å². The molecule has 6 nitrogen and oxygen atoms in total. The summed E-state index contributed by atoms with van der Waals surface area (Å²) in [5.41, 5.74) is 3.12. The molecule has 2 fully saturated rings. The van der Waals surface area contributed by atoms with Crippen molar-refractivity contribution in [1.82, 2.24) is 19.4 Å². The first-order chi connectivity index (χ1) is 17.6. The van der Waals surface area contributed by atoms with Gasteiger partial charge in [-0.3, -0.25) is 0 Å². The normalized spacial score (nSPS) is 19.3. The van der Waals surface area contributed by atoms with Crippen LogP contribution in [0.25, 0.3) is 22.4 Å². The van der Waals surface area contributed by atoms with E-state index in [1.807, 2.05) is 17.7 Å². The minimum Gasteiger partial charge on any atom is -0.327 e. The molecule has 0 amide bonds. The van der Waals surface area contributed by atoms with Gasteiger partial charge in [0.1, 0.15) is 11.6 Å². The SMILES string of the molecule is CC(C)CN1CCC(N2CCC(c3cc4c(cc3F)nc(-c3ccc(S(C)(=O)=O)cc3)n4C)CC2)CC1. The number of piperidine rings is 2. The summed E-state index contributed by atoms with van der Waals surface area (Å²) in [6.45, 7) is 10.2. The van der Waals surface area contributed by atoms with E-state index in [1.165, 1.54) is 38.7 Å². The molecule has 8 heteroatoms. The quantitative estimate of drug-likeness (QED) is 0.448. The topological polar surface area (TPSA) is 58.4 Å². The first-order valence-corrected chi connectivity index (χ1v) is 15.4. The maximum absolute atomic E-state index is 15.3. The molecule has 0 unspecified atom stereocenters. The zero-order valence-electron chi connectivity index (χ0n) is 22.5. The third-order valence-electron chi connectivity index (χ3n) is 8.21. The molecule has 2 aliphatic rings. The van der Waals surface area contributed by atoms with Gasteiger partial charge in [0.25, 0.3) is 0 Å². The predicted molar refractivity (Wildman–Crippen MR) is 147 cm³/mol. The fraction of sp³-hybridized carbons (Fsp3) is 0.552. The van der Waals surface area contributed by atoms with E-state index in [0.29, 0.717) is 17.4 Å². The number of fused-ring (bicyclic) bond motifs is 1. The van der Waals surface area contributed by atoms with Crippen LogP contribution in [0.5, 0.6) is 0 Å². The third kappa shape index (κ3) is 5.61. The highest BCUT2D eigenvalue weighted by Crippen LogP contribution is 2.35. The Balaban J connectivity index is 1.29. The van der Waals surface area contributed by atoms with Crippen LogP contribution in [0.2, 0.25) is 0 Å². The van der Waals surface area contributed by atoms with Crippen LogP contribution >= 0.6 is 0 Å². The average Bonchev–Trinajstić information content (AvgIpc) is 3.18. The molecule has 2 aliphatic heterocycles. The summed E-state index contributed by atoms with van der Waals surface area (Å²) < 4.78 is 40.9. The molecule has 0 bridgehead atoms. The molecule has 2 saturated heterocycles. The molecule has 0 radical (unpaired) electrons. The van der Waals surface area contributed by atoms with Crippen LogP contribution in [-0.2, 0) is 16.9 Å². The molecule has 5 rings (SSSR count). The van der Waals surface area contributed by atoms with Crippen LogP contribution < -0.4 is 0 Å². The Hall–Kier alpha value is -2.29. The van der Waals surface area contributed by atoms with Crippen molar-refractivity contribution in [2.24, 2.45) is 13.0 Å². The summed E-state index contributed by atoms with van der Waals surface area (Å²) in [7, 11) is -1.33. The molecule has 0 saturated carbocycles. The highest BCUT2D eigenvalue weighted by Gasteiger charge is 2.30. The van der Waals surface area contributed by atoms with Crippen molar-refractivity contribution < 1.29 is 12.8 Å². The minimum atomic E-state index is -3.26. The van der Waals surface area contributed by atoms with Crippen molar-refractivity contribution in [2.75, 3.05) is 39.0 Å². The summed E-state index contributed by atoms with van der Waals surface area (Å²) in [6.07, 6.45) is 5.63. The van der Waals surface area contributed by atoms with Gasteiger partial charge in [0.05, 0.1) is 15.9 Å². The number of halogens is 1. The van der Waals surface area contributed by atoms with E-state index in [0.717, 1.165) is 48.5 Å². The van der Waals surface area contributed by atoms with Crippen LogP contribution in [-0.4, -0.2) is 72.8 Å². The number of hydrogen-bond acceptors (Lipinski definition) is 5. The zero-order chi connectivity index (χ0) is 26.3. The van der Waals surface area contributed by atoms with Crippen LogP contribution in [0.15, 0.2) is 41.3 Å². The number of nitrogens with zero attached hydrogens (tertiary/aromatic N) is 4. The maximum atomic E-state index is 15.3. The predicted octanol–water partition coefficient (Wildman–Crippen LogP) is 5.08. The lowest BCUT2D eigenvalue weighted by Crippen LogP contribution is -2.48. The Labute approximate surface area is 220 Å². The lowest BCUT2D eigenvalue weighted by molar-refractivity contribution is 0.0825. The summed E-state index contributed by atoms with van der Waals surface area (Å²) in [5.74, 6) is 1.46. The van der Waals surface area contributed by atoms with Crippen molar-refractivity contribution in [1.29, 1.82) is 0 Å². The molecule has 0 aliphatic carbocycles. The van der Waals surface area contributed by atoms with E-state index >= 15 is 4.39 Å². The average molecular weight is 527 g/mol. The van der Waals surface area contributed by atoms with Crippen molar-refractivity contribution in [3.8, 4) is 11.4 Å². The molecule has 0 spiro atoms. The number of imidazole rings is 1. The Morgan fingerprint density at radius 1 is 1.00 bits per heavy atom. The number of benzene rings is 2. The van der Waals surface area contributed by atoms with E-state index in [9.17, 15) is 8.42 Å². The highest BCUT2D eigenvalue weighted by molar-refractivity contribution is 7.90. The fourth-order valence-electron chi connectivity index (χ4n) is 6.21. The smallest absolute Gasteiger partial charge is 0.175 e. The number of hydrogen-bond donors (Lipinski definition) is 0. The maximum Gasteiger partial charge on any atom is 0.175 e. The standard InChI is InChI=1S/C29H39FN4O2S/c1-20(2)19-33-13-11-23(12-14-33)34-15-9-21(10-16-34)25-17-28-27(18-26(25)30)31-29(32(28)3)22-5-7-24(8-6-22)37(4,35)36/h5-8,17-18,20-21,23H,9-16,19H2,1-4H3. The molecule has 3 aromatic rings. The van der Waals surface area contributed by atoms with Gasteiger partial charge in [-0.05, 0) is 99.6 Å². The summed E-state index contributed by atoms with van der Waals surface area (Å²) in [6, 6.07) is 10.9. The van der Waals surface area contributed by atoms with E-state index in [-0.39, 0.29) is 16.6 Å². The second-order valence-electron chi connectivity index (χ2n) is 11.4. The van der Waals surface area contributed by atoms with E-state index < -0.39 is 9.84 Å². The molecule has 0 N–H and O–H groups in total.